The predicted molar refractivity (Wildman–Crippen MR) is 204 cm³/mol. The van der Waals surface area contributed by atoms with Crippen molar-refractivity contribution in [2.24, 2.45) is 51.2 Å². The molecular weight excluding hydrogens is 634 g/mol. The van der Waals surface area contributed by atoms with Crippen LogP contribution in [0.5, 0.6) is 0 Å². The number of nitrogens with one attached hydrogen (secondary N) is 1. The molecule has 1 heterocycles. The molecule has 8 rings (SSSR count). The van der Waals surface area contributed by atoms with Gasteiger partial charge in [0.25, 0.3) is 0 Å². The van der Waals surface area contributed by atoms with Gasteiger partial charge in [0, 0.05) is 17.6 Å². The number of allylic oxidation sites excluding steroid dienone is 4. The average molecular weight is 702 g/mol. The normalized spacial score (nSPS) is 44.2. The SMILES string of the molecule is CC1C(C2=CC[C@@](CF)(CCOCc3ccccc3)CC2)=CCC2(C)C1CCC1(C)C2CCC2[C@H]3CCCC3(NCCC3(O)COC3)CC[C@]21C. The fourth-order valence-corrected chi connectivity index (χ4v) is 14.2. The second-order valence-electron chi connectivity index (χ2n) is 19.8. The highest BCUT2D eigenvalue weighted by molar-refractivity contribution is 5.38. The minimum Gasteiger partial charge on any atom is -0.385 e. The molecule has 7 aliphatic rings. The fraction of sp³-hybridized carbons (Fsp3) is 0.783. The van der Waals surface area contributed by atoms with E-state index in [-0.39, 0.29) is 17.6 Å². The van der Waals surface area contributed by atoms with Crippen LogP contribution in [0.3, 0.4) is 0 Å². The van der Waals surface area contributed by atoms with Gasteiger partial charge in [-0.25, -0.2) is 0 Å². The second kappa shape index (κ2) is 13.6. The molecule has 6 aliphatic carbocycles. The lowest BCUT2D eigenvalue weighted by atomic mass is 9.34. The monoisotopic (exact) mass is 702 g/mol. The summed E-state index contributed by atoms with van der Waals surface area (Å²) >= 11 is 0. The Balaban J connectivity index is 0.938. The summed E-state index contributed by atoms with van der Waals surface area (Å²) in [4.78, 5) is 0. The van der Waals surface area contributed by atoms with E-state index < -0.39 is 5.60 Å². The standard InChI is InChI=1S/C46H68FNO3/c1-33-36(35-14-21-44(30-47,22-15-35)26-28-50-29-34-9-6-5-7-10-34)16-19-41(2)37(33)17-20-43(4)40(41)13-12-38-39-11-8-18-46(39,24-23-42(38,43)3)48-27-25-45(49)31-51-32-45/h5-7,9-10,14,16,33,37-40,48-49H,8,11-13,15,17-32H2,1-4H3/t33?,37?,38?,39-,40?,41?,42-,43?,44+,46?/m1/s1. The van der Waals surface area contributed by atoms with Crippen molar-refractivity contribution in [3.63, 3.8) is 0 Å². The largest absolute Gasteiger partial charge is 0.385 e. The molecule has 1 aromatic carbocycles. The van der Waals surface area contributed by atoms with E-state index in [4.69, 9.17) is 9.47 Å². The molecule has 282 valence electrons. The highest BCUT2D eigenvalue weighted by atomic mass is 19.1. The van der Waals surface area contributed by atoms with Gasteiger partial charge < -0.3 is 19.9 Å². The van der Waals surface area contributed by atoms with Crippen molar-refractivity contribution < 1.29 is 19.0 Å². The van der Waals surface area contributed by atoms with Crippen LogP contribution in [0.15, 0.2) is 53.6 Å². The fourth-order valence-electron chi connectivity index (χ4n) is 14.2. The van der Waals surface area contributed by atoms with E-state index in [0.29, 0.717) is 48.6 Å². The molecule has 1 saturated heterocycles. The number of halogens is 1. The summed E-state index contributed by atoms with van der Waals surface area (Å²) in [6.07, 6.45) is 22.9. The van der Waals surface area contributed by atoms with Gasteiger partial charge in [0.2, 0.25) is 0 Å². The van der Waals surface area contributed by atoms with E-state index in [1.807, 2.05) is 18.2 Å². The van der Waals surface area contributed by atoms with E-state index in [1.165, 1.54) is 75.3 Å². The predicted octanol–water partition coefficient (Wildman–Crippen LogP) is 10.2. The van der Waals surface area contributed by atoms with Gasteiger partial charge in [-0.05, 0) is 159 Å². The summed E-state index contributed by atoms with van der Waals surface area (Å²) in [5, 5.41) is 14.8. The van der Waals surface area contributed by atoms with Gasteiger partial charge in [-0.2, -0.15) is 0 Å². The van der Waals surface area contributed by atoms with E-state index in [2.05, 4.69) is 57.3 Å². The zero-order valence-corrected chi connectivity index (χ0v) is 32.4. The number of hydrogen-bond acceptors (Lipinski definition) is 4. The van der Waals surface area contributed by atoms with Crippen molar-refractivity contribution in [1.29, 1.82) is 0 Å². The van der Waals surface area contributed by atoms with Crippen molar-refractivity contribution in [2.75, 3.05) is 33.0 Å². The van der Waals surface area contributed by atoms with Crippen LogP contribution in [0.1, 0.15) is 130 Å². The third-order valence-electron chi connectivity index (χ3n) is 17.6. The topological polar surface area (TPSA) is 50.7 Å². The first-order valence-electron chi connectivity index (χ1n) is 21.1. The number of benzene rings is 1. The summed E-state index contributed by atoms with van der Waals surface area (Å²) in [5.74, 6) is 3.65. The molecule has 0 radical (unpaired) electrons. The van der Waals surface area contributed by atoms with Crippen molar-refractivity contribution in [3.8, 4) is 0 Å². The molecule has 1 aliphatic heterocycles. The number of rotatable bonds is 11. The number of fused-ring (bicyclic) bond motifs is 7. The molecule has 5 fully saturated rings. The third-order valence-corrected chi connectivity index (χ3v) is 17.6. The van der Waals surface area contributed by atoms with Crippen LogP contribution >= 0.6 is 0 Å². The Morgan fingerprint density at radius 3 is 2.41 bits per heavy atom. The summed E-state index contributed by atoms with van der Waals surface area (Å²) in [6, 6.07) is 10.3. The molecular formula is C46H68FNO3. The molecule has 5 heteroatoms. The van der Waals surface area contributed by atoms with Gasteiger partial charge in [0.1, 0.15) is 5.60 Å². The summed E-state index contributed by atoms with van der Waals surface area (Å²) in [5.41, 5.74) is 4.84. The Morgan fingerprint density at radius 1 is 0.863 bits per heavy atom. The molecule has 0 aromatic heterocycles. The van der Waals surface area contributed by atoms with Crippen LogP contribution in [0.25, 0.3) is 0 Å². The van der Waals surface area contributed by atoms with Crippen LogP contribution in [0.4, 0.5) is 4.39 Å². The first-order chi connectivity index (χ1) is 24.5. The van der Waals surface area contributed by atoms with Gasteiger partial charge in [0.15, 0.2) is 0 Å². The van der Waals surface area contributed by atoms with E-state index in [1.54, 1.807) is 5.57 Å². The van der Waals surface area contributed by atoms with Crippen LogP contribution in [0, 0.1) is 51.2 Å². The van der Waals surface area contributed by atoms with Crippen LogP contribution in [0.2, 0.25) is 0 Å². The Kier molecular flexibility index (Phi) is 9.75. The van der Waals surface area contributed by atoms with Crippen molar-refractivity contribution in [2.45, 2.75) is 142 Å². The lowest BCUT2D eigenvalue weighted by Gasteiger charge is -2.71. The van der Waals surface area contributed by atoms with Crippen molar-refractivity contribution in [1.82, 2.24) is 5.32 Å². The highest BCUT2D eigenvalue weighted by Crippen LogP contribution is 2.75. The average Bonchev–Trinajstić information content (AvgIpc) is 3.55. The molecule has 0 spiro atoms. The molecule has 2 N–H and O–H groups in total. The van der Waals surface area contributed by atoms with Crippen LogP contribution in [-0.2, 0) is 16.1 Å². The zero-order valence-electron chi connectivity index (χ0n) is 32.4. The van der Waals surface area contributed by atoms with E-state index >= 15 is 0 Å². The molecule has 0 bridgehead atoms. The number of ether oxygens (including phenoxy) is 2. The minimum absolute atomic E-state index is 0.252. The zero-order chi connectivity index (χ0) is 35.5. The second-order valence-corrected chi connectivity index (χ2v) is 19.8. The summed E-state index contributed by atoms with van der Waals surface area (Å²) < 4.78 is 26.0. The Bertz CT molecular complexity index is 1470. The van der Waals surface area contributed by atoms with E-state index in [0.717, 1.165) is 62.3 Å². The molecule has 7 unspecified atom stereocenters. The molecule has 4 saturated carbocycles. The van der Waals surface area contributed by atoms with Crippen LogP contribution in [-0.4, -0.2) is 49.3 Å². The smallest absolute Gasteiger partial charge is 0.112 e. The van der Waals surface area contributed by atoms with Crippen LogP contribution < -0.4 is 5.32 Å². The molecule has 4 nitrogen and oxygen atoms in total. The third kappa shape index (κ3) is 6.06. The first kappa shape index (κ1) is 36.4. The lowest BCUT2D eigenvalue weighted by Crippen LogP contribution is -2.67. The maximum Gasteiger partial charge on any atom is 0.112 e. The van der Waals surface area contributed by atoms with E-state index in [9.17, 15) is 9.50 Å². The maximum absolute atomic E-state index is 14.6. The van der Waals surface area contributed by atoms with Gasteiger partial charge in [-0.1, -0.05) is 76.6 Å². The molecule has 0 amide bonds. The first-order valence-corrected chi connectivity index (χ1v) is 21.1. The summed E-state index contributed by atoms with van der Waals surface area (Å²) in [7, 11) is 0. The Morgan fingerprint density at radius 2 is 1.69 bits per heavy atom. The molecule has 10 atom stereocenters. The minimum atomic E-state index is -0.601. The molecule has 1 aromatic rings. The number of alkyl halides is 1. The summed E-state index contributed by atoms with van der Waals surface area (Å²) in [6.45, 7) is 13.6. The highest BCUT2D eigenvalue weighted by Gasteiger charge is 2.68. The quantitative estimate of drug-likeness (QED) is 0.226. The number of hydrogen-bond donors (Lipinski definition) is 2. The van der Waals surface area contributed by atoms with Gasteiger partial charge >= 0.3 is 0 Å². The molecule has 51 heavy (non-hydrogen) atoms. The van der Waals surface area contributed by atoms with Gasteiger partial charge in [-0.3, -0.25) is 4.39 Å². The number of aliphatic hydroxyl groups is 1. The Hall–Kier alpha value is -1.53. The Labute approximate surface area is 308 Å². The maximum atomic E-state index is 14.6. The lowest BCUT2D eigenvalue weighted by molar-refractivity contribution is -0.213. The van der Waals surface area contributed by atoms with Crippen molar-refractivity contribution in [3.05, 3.63) is 59.2 Å². The van der Waals surface area contributed by atoms with Gasteiger partial charge in [-0.15, -0.1) is 0 Å². The van der Waals surface area contributed by atoms with Crippen molar-refractivity contribution >= 4 is 0 Å². The van der Waals surface area contributed by atoms with Gasteiger partial charge in [0.05, 0.1) is 26.5 Å².